The van der Waals surface area contributed by atoms with Crippen molar-refractivity contribution in [1.82, 2.24) is 19.3 Å². The smallest absolute Gasteiger partial charge is 0.300 e. The van der Waals surface area contributed by atoms with Crippen LogP contribution in [0, 0.1) is 5.82 Å². The summed E-state index contributed by atoms with van der Waals surface area (Å²) in [7, 11) is 0. The third-order valence-corrected chi connectivity index (χ3v) is 8.73. The Morgan fingerprint density at radius 3 is 2.59 bits per heavy atom. The molecule has 39 heavy (non-hydrogen) atoms. The van der Waals surface area contributed by atoms with Crippen LogP contribution in [-0.2, 0) is 11.2 Å². The van der Waals surface area contributed by atoms with E-state index in [4.69, 9.17) is 9.72 Å². The minimum absolute atomic E-state index is 0.0518. The van der Waals surface area contributed by atoms with E-state index < -0.39 is 11.3 Å². The molecule has 6 rings (SSSR count). The highest BCUT2D eigenvalue weighted by Crippen LogP contribution is 2.34. The molecule has 0 radical (unpaired) electrons. The molecule has 1 unspecified atom stereocenters. The number of thiazole rings is 1. The van der Waals surface area contributed by atoms with Gasteiger partial charge in [0.25, 0.3) is 0 Å². The van der Waals surface area contributed by atoms with Crippen LogP contribution in [0.1, 0.15) is 48.2 Å². The van der Waals surface area contributed by atoms with Gasteiger partial charge in [-0.05, 0) is 56.6 Å². The molecule has 10 heteroatoms. The van der Waals surface area contributed by atoms with Gasteiger partial charge in [-0.15, -0.1) is 11.3 Å². The Balaban J connectivity index is 1.43. The number of anilines is 1. The second-order valence-corrected chi connectivity index (χ2v) is 11.4. The first-order valence-corrected chi connectivity index (χ1v) is 14.3. The molecule has 2 aliphatic rings. The van der Waals surface area contributed by atoms with Gasteiger partial charge in [-0.25, -0.2) is 14.4 Å². The van der Waals surface area contributed by atoms with Gasteiger partial charge in [0.15, 0.2) is 0 Å². The third-order valence-electron chi connectivity index (χ3n) is 7.73. The number of benzene rings is 1. The zero-order valence-electron chi connectivity index (χ0n) is 22.0. The van der Waals surface area contributed by atoms with Crippen LogP contribution >= 0.6 is 11.3 Å². The third kappa shape index (κ3) is 5.28. The molecule has 0 bridgehead atoms. The van der Waals surface area contributed by atoms with Gasteiger partial charge in [0.1, 0.15) is 22.2 Å². The number of morpholine rings is 1. The molecule has 2 saturated heterocycles. The maximum absolute atomic E-state index is 13.6. The van der Waals surface area contributed by atoms with Gasteiger partial charge in [0, 0.05) is 48.4 Å². The highest BCUT2D eigenvalue weighted by molar-refractivity contribution is 7.15. The molecule has 204 valence electrons. The highest BCUT2D eigenvalue weighted by Gasteiger charge is 2.26. The SMILES string of the molecule is CC(c1cc(N2CCOCC2)cn2c(=O)c(O)c(-c3ncc(Cc4ccc(F)cc4)s3)nc12)N1CCCCC1. The lowest BCUT2D eigenvalue weighted by atomic mass is 10.0. The van der Waals surface area contributed by atoms with Crippen LogP contribution in [0.25, 0.3) is 16.3 Å². The molecule has 1 atom stereocenters. The maximum Gasteiger partial charge on any atom is 0.300 e. The van der Waals surface area contributed by atoms with E-state index in [1.807, 2.05) is 0 Å². The van der Waals surface area contributed by atoms with Gasteiger partial charge >= 0.3 is 5.56 Å². The number of halogens is 1. The minimum Gasteiger partial charge on any atom is -0.501 e. The fourth-order valence-corrected chi connectivity index (χ4v) is 6.43. The lowest BCUT2D eigenvalue weighted by Crippen LogP contribution is -2.37. The summed E-state index contributed by atoms with van der Waals surface area (Å²) < 4.78 is 20.3. The fourth-order valence-electron chi connectivity index (χ4n) is 5.50. The van der Waals surface area contributed by atoms with Crippen molar-refractivity contribution in [3.05, 3.63) is 74.9 Å². The molecule has 0 aliphatic carbocycles. The molecule has 0 amide bonds. The number of piperidine rings is 1. The predicted octanol–water partition coefficient (Wildman–Crippen LogP) is 4.64. The van der Waals surface area contributed by atoms with Gasteiger partial charge in [0.2, 0.25) is 5.75 Å². The lowest BCUT2D eigenvalue weighted by molar-refractivity contribution is 0.122. The number of aromatic hydroxyl groups is 1. The van der Waals surface area contributed by atoms with E-state index >= 15 is 0 Å². The van der Waals surface area contributed by atoms with Crippen molar-refractivity contribution in [2.75, 3.05) is 44.3 Å². The Kier molecular flexibility index (Phi) is 7.33. The average Bonchev–Trinajstić information content (AvgIpc) is 3.44. The lowest BCUT2D eigenvalue weighted by Gasteiger charge is -2.34. The number of nitrogens with zero attached hydrogens (tertiary/aromatic N) is 5. The van der Waals surface area contributed by atoms with Crippen LogP contribution in [0.3, 0.4) is 0 Å². The quantitative estimate of drug-likeness (QED) is 0.375. The molecular formula is C29H32FN5O3S. The summed E-state index contributed by atoms with van der Waals surface area (Å²) in [5.74, 6) is -0.688. The van der Waals surface area contributed by atoms with Gasteiger partial charge in [-0.1, -0.05) is 18.6 Å². The monoisotopic (exact) mass is 549 g/mol. The molecule has 8 nitrogen and oxygen atoms in total. The van der Waals surface area contributed by atoms with E-state index in [0.717, 1.165) is 60.7 Å². The van der Waals surface area contributed by atoms with Crippen LogP contribution in [0.2, 0.25) is 0 Å². The fraction of sp³-hybridized carbons (Fsp3) is 0.414. The van der Waals surface area contributed by atoms with Gasteiger partial charge in [-0.3, -0.25) is 14.1 Å². The molecule has 0 saturated carbocycles. The Morgan fingerprint density at radius 2 is 1.85 bits per heavy atom. The van der Waals surface area contributed by atoms with E-state index in [1.165, 1.54) is 34.3 Å². The number of aromatic nitrogens is 3. The number of likely N-dealkylation sites (tertiary alicyclic amines) is 1. The largest absolute Gasteiger partial charge is 0.501 e. The van der Waals surface area contributed by atoms with Crippen molar-refractivity contribution < 1.29 is 14.2 Å². The van der Waals surface area contributed by atoms with E-state index in [-0.39, 0.29) is 17.6 Å². The summed E-state index contributed by atoms with van der Waals surface area (Å²) in [6, 6.07) is 8.56. The second kappa shape index (κ2) is 11.0. The molecule has 3 aromatic heterocycles. The van der Waals surface area contributed by atoms with Crippen molar-refractivity contribution in [3.63, 3.8) is 0 Å². The number of hydrogen-bond acceptors (Lipinski definition) is 8. The molecule has 2 fully saturated rings. The number of rotatable bonds is 6. The first kappa shape index (κ1) is 25.9. The number of ether oxygens (including phenoxy) is 1. The second-order valence-electron chi connectivity index (χ2n) is 10.3. The summed E-state index contributed by atoms with van der Waals surface area (Å²) in [5.41, 5.74) is 3.07. The van der Waals surface area contributed by atoms with Crippen LogP contribution in [0.4, 0.5) is 10.1 Å². The standard InChI is InChI=1S/C29H32FN5O3S/c1-19(33-9-3-2-4-10-33)24-16-22(34-11-13-38-14-12-34)18-35-27(24)32-25(26(36)29(35)37)28-31-17-23(39-28)15-20-5-7-21(30)8-6-20/h5-8,16-19,36H,2-4,9-15H2,1H3. The summed E-state index contributed by atoms with van der Waals surface area (Å²) in [6.07, 6.45) is 7.63. The minimum atomic E-state index is -0.507. The number of fused-ring (bicyclic) bond motifs is 1. The van der Waals surface area contributed by atoms with Gasteiger partial charge < -0.3 is 14.7 Å². The Labute approximate surface area is 230 Å². The van der Waals surface area contributed by atoms with E-state index in [9.17, 15) is 14.3 Å². The molecular weight excluding hydrogens is 517 g/mol. The molecule has 2 aliphatic heterocycles. The van der Waals surface area contributed by atoms with Crippen molar-refractivity contribution in [1.29, 1.82) is 0 Å². The molecule has 4 aromatic rings. The van der Waals surface area contributed by atoms with Crippen molar-refractivity contribution in [2.24, 2.45) is 0 Å². The summed E-state index contributed by atoms with van der Waals surface area (Å²) in [5, 5.41) is 11.5. The summed E-state index contributed by atoms with van der Waals surface area (Å²) in [6.45, 7) is 6.93. The van der Waals surface area contributed by atoms with Gasteiger partial charge in [0.05, 0.1) is 18.9 Å². The van der Waals surface area contributed by atoms with Crippen molar-refractivity contribution in [3.8, 4) is 16.5 Å². The molecule has 0 spiro atoms. The molecule has 5 heterocycles. The number of pyridine rings is 1. The Hall–Kier alpha value is -3.34. The maximum atomic E-state index is 13.6. The van der Waals surface area contributed by atoms with Crippen LogP contribution in [-0.4, -0.2) is 63.8 Å². The Bertz CT molecular complexity index is 1520. The molecule has 1 N–H and O–H groups in total. The van der Waals surface area contributed by atoms with Crippen LogP contribution in [0.15, 0.2) is 47.5 Å². The normalized spacial score (nSPS) is 17.5. The summed E-state index contributed by atoms with van der Waals surface area (Å²) >= 11 is 1.38. The summed E-state index contributed by atoms with van der Waals surface area (Å²) in [4.78, 5) is 28.6. The number of hydrogen-bond donors (Lipinski definition) is 1. The van der Waals surface area contributed by atoms with Crippen molar-refractivity contribution >= 4 is 22.7 Å². The zero-order valence-corrected chi connectivity index (χ0v) is 22.8. The Morgan fingerprint density at radius 1 is 1.10 bits per heavy atom. The van der Waals surface area contributed by atoms with Gasteiger partial charge in [-0.2, -0.15) is 0 Å². The molecule has 1 aromatic carbocycles. The first-order valence-electron chi connectivity index (χ1n) is 13.5. The van der Waals surface area contributed by atoms with E-state index in [2.05, 4.69) is 27.8 Å². The topological polar surface area (TPSA) is 83.2 Å². The zero-order chi connectivity index (χ0) is 26.9. The van der Waals surface area contributed by atoms with E-state index in [1.54, 1.807) is 24.5 Å². The van der Waals surface area contributed by atoms with E-state index in [0.29, 0.717) is 30.3 Å². The predicted molar refractivity (Wildman–Crippen MR) is 150 cm³/mol. The average molecular weight is 550 g/mol. The van der Waals surface area contributed by atoms with Crippen LogP contribution < -0.4 is 10.5 Å². The van der Waals surface area contributed by atoms with Crippen LogP contribution in [0.5, 0.6) is 5.75 Å². The van der Waals surface area contributed by atoms with Crippen molar-refractivity contribution in [2.45, 2.75) is 38.6 Å². The highest BCUT2D eigenvalue weighted by atomic mass is 32.1. The first-order chi connectivity index (χ1) is 19.0.